The first kappa shape index (κ1) is 58.7. The van der Waals surface area contributed by atoms with Crippen molar-refractivity contribution in [2.24, 2.45) is 9.98 Å². The van der Waals surface area contributed by atoms with E-state index in [1.54, 1.807) is 24.3 Å². The predicted molar refractivity (Wildman–Crippen MR) is 309 cm³/mol. The summed E-state index contributed by atoms with van der Waals surface area (Å²) in [4.78, 5) is 53.5. The van der Waals surface area contributed by atoms with Crippen LogP contribution in [0, 0.1) is 11.6 Å². The number of nitrogens with one attached hydrogen (secondary N) is 4. The standard InChI is InChI=1S/2C29H30FN5O.2C2H4O2/c2*1-35(2,3)25-10-7-20(8-11-25)18-33-29(36)27-17-23-16-24(30)9-12-26(23)34(27)19-21-5-4-6-22(15-21)28-31-13-14-32-28;2*1-2(3)4/h2*4-12,15-17H,13-14,18-19H2,1-3H3,(H-,31,32,33,36);2*1H3,(H,3,4). The summed E-state index contributed by atoms with van der Waals surface area (Å²) >= 11 is 0. The summed E-state index contributed by atoms with van der Waals surface area (Å²) in [7, 11) is 12.7. The summed E-state index contributed by atoms with van der Waals surface area (Å²) in [6, 6.07) is 45.6. The molecule has 0 saturated heterocycles. The van der Waals surface area contributed by atoms with E-state index < -0.39 is 11.9 Å². The summed E-state index contributed by atoms with van der Waals surface area (Å²) in [5, 5.41) is 31.9. The second-order valence-electron chi connectivity index (χ2n) is 21.1. The lowest BCUT2D eigenvalue weighted by molar-refractivity contribution is -0.303. The van der Waals surface area contributed by atoms with E-state index in [9.17, 15) is 18.4 Å². The molecule has 4 heterocycles. The maximum Gasteiger partial charge on any atom is 0.268 e. The van der Waals surface area contributed by atoms with Crippen molar-refractivity contribution in [2.45, 2.75) is 40.0 Å². The number of amides is 2. The van der Waals surface area contributed by atoms with Crippen LogP contribution in [-0.4, -0.2) is 113 Å². The molecule has 0 bridgehead atoms. The van der Waals surface area contributed by atoms with Gasteiger partial charge in [-0.05, 0) is 121 Å². The Bertz CT molecular complexity index is 3330. The number of aromatic nitrogens is 2. The number of fused-ring (bicyclic) bond motifs is 2. The number of aliphatic carboxylic acids is 2. The minimum absolute atomic E-state index is 0.194. The maximum atomic E-state index is 14.0. The maximum absolute atomic E-state index is 14.0. The molecule has 0 spiro atoms. The van der Waals surface area contributed by atoms with Gasteiger partial charge >= 0.3 is 0 Å². The Morgan fingerprint density at radius 3 is 1.20 bits per heavy atom. The van der Waals surface area contributed by atoms with Gasteiger partial charge in [0.2, 0.25) is 0 Å². The fraction of sp³-hybridized carbons (Fsp3) is 0.258. The molecule has 2 aliphatic heterocycles. The van der Waals surface area contributed by atoms with Crippen LogP contribution in [0.25, 0.3) is 21.8 Å². The first-order chi connectivity index (χ1) is 38.0. The summed E-state index contributed by atoms with van der Waals surface area (Å²) < 4.78 is 33.3. The van der Waals surface area contributed by atoms with Gasteiger partial charge in [0.25, 0.3) is 11.8 Å². The number of halogens is 2. The number of nitrogens with zero attached hydrogens (tertiary/aromatic N) is 6. The number of carboxylic acid groups (broad SMARTS) is 2. The van der Waals surface area contributed by atoms with E-state index in [4.69, 9.17) is 19.8 Å². The van der Waals surface area contributed by atoms with Crippen LogP contribution >= 0.6 is 0 Å². The van der Waals surface area contributed by atoms with E-state index in [1.165, 1.54) is 35.6 Å². The Hall–Kier alpha value is -9.00. The van der Waals surface area contributed by atoms with Crippen molar-refractivity contribution in [1.82, 2.24) is 39.4 Å². The lowest BCUT2D eigenvalue weighted by Gasteiger charge is -2.23. The SMILES string of the molecule is CC(=O)[O-].CC(=O)[O-].C[N+](C)(C)c1ccc(CNC(=O)c2cc3cc(F)ccc3n2Cc2cccc(C3=NCCN3)c2)cc1.C[N+](C)(C)c1ccc(CNC(=O)c2cc3cc(F)ccc3n2Cc2cccc(C3=NCCN3)c2)cc1. The van der Waals surface area contributed by atoms with Crippen molar-refractivity contribution in [2.75, 3.05) is 68.5 Å². The molecular weight excluding hydrogens is 1020 g/mol. The molecule has 0 unspecified atom stereocenters. The first-order valence-electron chi connectivity index (χ1n) is 26.1. The number of aliphatic imine (C=N–C) groups is 2. The van der Waals surface area contributed by atoms with Crippen LogP contribution in [0.2, 0.25) is 0 Å². The number of carbonyl (C=O) groups excluding carboxylic acids is 4. The molecule has 0 fully saturated rings. The normalized spacial score (nSPS) is 12.8. The predicted octanol–water partition coefficient (Wildman–Crippen LogP) is 6.12. The zero-order valence-electron chi connectivity index (χ0n) is 46.4. The molecule has 0 saturated carbocycles. The Balaban J connectivity index is 0.000000204. The summed E-state index contributed by atoms with van der Waals surface area (Å²) in [6.07, 6.45) is 0. The van der Waals surface area contributed by atoms with E-state index in [0.717, 1.165) is 105 Å². The van der Waals surface area contributed by atoms with Gasteiger partial charge < -0.3 is 50.2 Å². The van der Waals surface area contributed by atoms with E-state index >= 15 is 0 Å². The van der Waals surface area contributed by atoms with Gasteiger partial charge in [0, 0.05) is 84.1 Å². The highest BCUT2D eigenvalue weighted by Crippen LogP contribution is 2.26. The van der Waals surface area contributed by atoms with Crippen LogP contribution in [0.3, 0.4) is 0 Å². The largest absolute Gasteiger partial charge is 0.550 e. The van der Waals surface area contributed by atoms with E-state index in [-0.39, 0.29) is 23.4 Å². The molecule has 2 aliphatic rings. The number of carbonyl (C=O) groups is 4. The van der Waals surface area contributed by atoms with Gasteiger partial charge in [-0.1, -0.05) is 60.7 Å². The third-order valence-corrected chi connectivity index (χ3v) is 13.0. The lowest BCUT2D eigenvalue weighted by atomic mass is 10.1. The Morgan fingerprint density at radius 2 is 0.875 bits per heavy atom. The van der Waals surface area contributed by atoms with Crippen LogP contribution in [0.5, 0.6) is 0 Å². The molecule has 10 rings (SSSR count). The van der Waals surface area contributed by atoms with Gasteiger partial charge in [-0.15, -0.1) is 0 Å². The highest BCUT2D eigenvalue weighted by atomic mass is 19.1. The molecule has 0 aliphatic carbocycles. The highest BCUT2D eigenvalue weighted by Gasteiger charge is 2.21. The number of carboxylic acids is 2. The van der Waals surface area contributed by atoms with Gasteiger partial charge in [0.05, 0.1) is 55.4 Å². The Kier molecular flexibility index (Phi) is 19.1. The van der Waals surface area contributed by atoms with Crippen LogP contribution < -0.4 is 40.4 Å². The van der Waals surface area contributed by atoms with Gasteiger partial charge in [0.15, 0.2) is 0 Å². The van der Waals surface area contributed by atoms with E-state index in [2.05, 4.69) is 110 Å². The molecule has 0 radical (unpaired) electrons. The Morgan fingerprint density at radius 1 is 0.512 bits per heavy atom. The molecule has 2 amide bonds. The summed E-state index contributed by atoms with van der Waals surface area (Å²) in [5.74, 6) is -1.41. The van der Waals surface area contributed by atoms with Crippen molar-refractivity contribution < 1.29 is 38.2 Å². The molecule has 18 heteroatoms. The molecule has 16 nitrogen and oxygen atoms in total. The molecule has 80 heavy (non-hydrogen) atoms. The van der Waals surface area contributed by atoms with Crippen LogP contribution in [0.1, 0.15) is 68.2 Å². The lowest BCUT2D eigenvalue weighted by Crippen LogP contribution is -2.34. The van der Waals surface area contributed by atoms with Gasteiger partial charge in [0.1, 0.15) is 46.1 Å². The smallest absolute Gasteiger partial charge is 0.268 e. The molecule has 2 aromatic heterocycles. The second-order valence-corrected chi connectivity index (χ2v) is 21.1. The summed E-state index contributed by atoms with van der Waals surface area (Å²) in [6.45, 7) is 6.96. The van der Waals surface area contributed by atoms with E-state index in [1.807, 2.05) is 69.8 Å². The number of quaternary nitrogens is 2. The van der Waals surface area contributed by atoms with Crippen LogP contribution in [-0.2, 0) is 35.8 Å². The van der Waals surface area contributed by atoms with Crippen molar-refractivity contribution in [3.63, 3.8) is 0 Å². The molecule has 0 atom stereocenters. The average molecular weight is 1090 g/mol. The summed E-state index contributed by atoms with van der Waals surface area (Å²) in [5.41, 5.74) is 11.2. The third kappa shape index (κ3) is 16.0. The van der Waals surface area contributed by atoms with Gasteiger partial charge in [-0.25, -0.2) is 8.78 Å². The minimum Gasteiger partial charge on any atom is -0.550 e. The van der Waals surface area contributed by atoms with E-state index in [0.29, 0.717) is 48.3 Å². The van der Waals surface area contributed by atoms with Gasteiger partial charge in [-0.3, -0.25) is 28.5 Å². The minimum atomic E-state index is -1.08. The van der Waals surface area contributed by atoms with Crippen molar-refractivity contribution in [3.8, 4) is 0 Å². The van der Waals surface area contributed by atoms with Crippen molar-refractivity contribution in [1.29, 1.82) is 0 Å². The zero-order valence-corrected chi connectivity index (χ0v) is 46.4. The molecule has 4 N–H and O–H groups in total. The highest BCUT2D eigenvalue weighted by molar-refractivity contribution is 6.02. The average Bonchev–Trinajstić information content (AvgIpc) is 4.38. The second kappa shape index (κ2) is 26.1. The topological polar surface area (TPSA) is 197 Å². The number of rotatable bonds is 14. The number of hydrogen-bond acceptors (Lipinski definition) is 10. The quantitative estimate of drug-likeness (QED) is 0.0935. The number of benzene rings is 6. The molecule has 416 valence electrons. The molecular formula is C62H68F2N10O6. The fourth-order valence-corrected chi connectivity index (χ4v) is 9.05. The van der Waals surface area contributed by atoms with Crippen molar-refractivity contribution >= 4 is 68.6 Å². The van der Waals surface area contributed by atoms with Gasteiger partial charge in [-0.2, -0.15) is 0 Å². The van der Waals surface area contributed by atoms with Crippen molar-refractivity contribution in [3.05, 3.63) is 202 Å². The number of amidine groups is 2. The Labute approximate surface area is 464 Å². The number of hydrogen-bond donors (Lipinski definition) is 4. The van der Waals surface area contributed by atoms with Crippen LogP contribution in [0.4, 0.5) is 20.2 Å². The first-order valence-corrected chi connectivity index (χ1v) is 26.1. The fourth-order valence-electron chi connectivity index (χ4n) is 9.05. The third-order valence-electron chi connectivity index (χ3n) is 13.0. The van der Waals surface area contributed by atoms with Crippen LogP contribution in [0.15, 0.2) is 156 Å². The molecule has 6 aromatic carbocycles. The monoisotopic (exact) mass is 1090 g/mol. The zero-order chi connectivity index (χ0) is 57.7. The molecule has 8 aromatic rings.